The third-order valence-corrected chi connectivity index (χ3v) is 5.11. The zero-order valence-corrected chi connectivity index (χ0v) is 18.6. The second-order valence-electron chi connectivity index (χ2n) is 6.92. The lowest BCUT2D eigenvalue weighted by molar-refractivity contribution is -0.130. The Balaban J connectivity index is 0.00000261. The number of piperazine rings is 1. The average molecular weight is 485 g/mol. The number of para-hydroxylation sites is 1. The maximum absolute atomic E-state index is 12.4. The lowest BCUT2D eigenvalue weighted by Gasteiger charge is -2.37. The molecule has 27 heavy (non-hydrogen) atoms. The molecule has 6 nitrogen and oxygen atoms in total. The molecule has 0 radical (unpaired) electrons. The van der Waals surface area contributed by atoms with Gasteiger partial charge in [-0.15, -0.1) is 24.0 Å². The molecule has 0 spiro atoms. The number of carbonyl (C=O) groups is 1. The van der Waals surface area contributed by atoms with E-state index in [0.29, 0.717) is 0 Å². The summed E-state index contributed by atoms with van der Waals surface area (Å²) in [5, 5.41) is 3.35. The van der Waals surface area contributed by atoms with Crippen LogP contribution in [-0.4, -0.2) is 74.0 Å². The number of likely N-dealkylation sites (tertiary alicyclic amines) is 1. The zero-order valence-electron chi connectivity index (χ0n) is 16.3. The Morgan fingerprint density at radius 1 is 0.963 bits per heavy atom. The molecule has 0 atom stereocenters. The predicted molar refractivity (Wildman–Crippen MR) is 122 cm³/mol. The van der Waals surface area contributed by atoms with Gasteiger partial charge in [0.15, 0.2) is 5.96 Å². The second-order valence-corrected chi connectivity index (χ2v) is 6.92. The number of nitrogens with zero attached hydrogens (tertiary/aromatic N) is 4. The maximum atomic E-state index is 12.4. The van der Waals surface area contributed by atoms with Gasteiger partial charge in [-0.05, 0) is 38.3 Å². The van der Waals surface area contributed by atoms with Crippen molar-refractivity contribution in [2.75, 3.05) is 57.3 Å². The minimum atomic E-state index is 0. The minimum absolute atomic E-state index is 0. The molecule has 150 valence electrons. The third kappa shape index (κ3) is 6.26. The molecule has 2 aliphatic rings. The number of anilines is 1. The largest absolute Gasteiger partial charge is 0.368 e. The van der Waals surface area contributed by atoms with Gasteiger partial charge in [-0.25, -0.2) is 4.99 Å². The maximum Gasteiger partial charge on any atom is 0.244 e. The molecule has 0 bridgehead atoms. The van der Waals surface area contributed by atoms with Crippen molar-refractivity contribution in [2.45, 2.75) is 26.2 Å². The molecule has 3 rings (SSSR count). The van der Waals surface area contributed by atoms with Gasteiger partial charge in [-0.3, -0.25) is 4.79 Å². The van der Waals surface area contributed by atoms with Gasteiger partial charge in [-0.1, -0.05) is 18.2 Å². The number of rotatable bonds is 4. The van der Waals surface area contributed by atoms with E-state index in [2.05, 4.69) is 57.4 Å². The third-order valence-electron chi connectivity index (χ3n) is 5.11. The number of aliphatic imine (C=N–C) groups is 1. The van der Waals surface area contributed by atoms with Crippen LogP contribution in [0.3, 0.4) is 0 Å². The highest BCUT2D eigenvalue weighted by atomic mass is 127. The Kier molecular flexibility index (Phi) is 9.17. The van der Waals surface area contributed by atoms with Crippen molar-refractivity contribution >= 4 is 41.5 Å². The van der Waals surface area contributed by atoms with E-state index in [1.165, 1.54) is 12.1 Å². The lowest BCUT2D eigenvalue weighted by atomic mass is 10.1. The van der Waals surface area contributed by atoms with Crippen LogP contribution in [-0.2, 0) is 4.79 Å². The van der Waals surface area contributed by atoms with Crippen LogP contribution < -0.4 is 10.2 Å². The Bertz CT molecular complexity index is 596. The number of amides is 1. The van der Waals surface area contributed by atoms with Gasteiger partial charge in [0.1, 0.15) is 6.54 Å². The summed E-state index contributed by atoms with van der Waals surface area (Å²) >= 11 is 0. The quantitative estimate of drug-likeness (QED) is 0.405. The first-order valence-electron chi connectivity index (χ1n) is 9.89. The first-order valence-corrected chi connectivity index (χ1v) is 9.89. The zero-order chi connectivity index (χ0) is 18.2. The molecular weight excluding hydrogens is 453 g/mol. The van der Waals surface area contributed by atoms with Gasteiger partial charge in [0.25, 0.3) is 0 Å². The smallest absolute Gasteiger partial charge is 0.244 e. The van der Waals surface area contributed by atoms with E-state index in [1.807, 2.05) is 4.90 Å². The molecule has 0 saturated carbocycles. The highest BCUT2D eigenvalue weighted by molar-refractivity contribution is 14.0. The van der Waals surface area contributed by atoms with Crippen LogP contribution in [0, 0.1) is 0 Å². The van der Waals surface area contributed by atoms with Crippen LogP contribution in [0.2, 0.25) is 0 Å². The highest BCUT2D eigenvalue weighted by Crippen LogP contribution is 2.15. The van der Waals surface area contributed by atoms with E-state index in [9.17, 15) is 4.79 Å². The summed E-state index contributed by atoms with van der Waals surface area (Å²) in [7, 11) is 0. The summed E-state index contributed by atoms with van der Waals surface area (Å²) in [4.78, 5) is 23.7. The molecule has 2 fully saturated rings. The fraction of sp³-hybridized carbons (Fsp3) is 0.600. The van der Waals surface area contributed by atoms with E-state index < -0.39 is 0 Å². The molecule has 1 aromatic rings. The molecule has 0 aliphatic carbocycles. The number of benzene rings is 1. The Morgan fingerprint density at radius 2 is 1.63 bits per heavy atom. The molecule has 2 aliphatic heterocycles. The standard InChI is InChI=1S/C20H31N5O.HI/c1-2-21-20(22-17-19(26)24-11-7-4-8-12-24)25-15-13-23(14-16-25)18-9-5-3-6-10-18;/h3,5-6,9-10H,2,4,7-8,11-17H2,1H3,(H,21,22);1H. The number of hydrogen-bond donors (Lipinski definition) is 1. The van der Waals surface area contributed by atoms with E-state index >= 15 is 0 Å². The van der Waals surface area contributed by atoms with Gasteiger partial charge in [-0.2, -0.15) is 0 Å². The molecule has 0 unspecified atom stereocenters. The highest BCUT2D eigenvalue weighted by Gasteiger charge is 2.21. The van der Waals surface area contributed by atoms with Crippen molar-refractivity contribution < 1.29 is 4.79 Å². The number of carbonyl (C=O) groups excluding carboxylic acids is 1. The number of piperidine rings is 1. The van der Waals surface area contributed by atoms with Gasteiger partial charge in [0.2, 0.25) is 5.91 Å². The molecular formula is C20H32IN5O. The number of guanidine groups is 1. The molecule has 2 heterocycles. The van der Waals surface area contributed by atoms with Gasteiger partial charge in [0, 0.05) is 51.5 Å². The summed E-state index contributed by atoms with van der Waals surface area (Å²) < 4.78 is 0. The Morgan fingerprint density at radius 3 is 2.26 bits per heavy atom. The van der Waals surface area contributed by atoms with Gasteiger partial charge < -0.3 is 20.0 Å². The Hall–Kier alpha value is -1.51. The summed E-state index contributed by atoms with van der Waals surface area (Å²) in [6.45, 7) is 8.68. The van der Waals surface area contributed by atoms with Crippen molar-refractivity contribution in [3.8, 4) is 0 Å². The molecule has 1 N–H and O–H groups in total. The molecule has 1 amide bonds. The summed E-state index contributed by atoms with van der Waals surface area (Å²) in [6, 6.07) is 10.5. The summed E-state index contributed by atoms with van der Waals surface area (Å²) in [5.74, 6) is 1.02. The number of nitrogens with one attached hydrogen (secondary N) is 1. The minimum Gasteiger partial charge on any atom is -0.368 e. The van der Waals surface area contributed by atoms with E-state index in [4.69, 9.17) is 0 Å². The Labute approximate surface area is 180 Å². The molecule has 0 aromatic heterocycles. The molecule has 1 aromatic carbocycles. The van der Waals surface area contributed by atoms with E-state index in [-0.39, 0.29) is 36.4 Å². The number of hydrogen-bond acceptors (Lipinski definition) is 3. The fourth-order valence-corrected chi connectivity index (χ4v) is 3.63. The molecule has 2 saturated heterocycles. The summed E-state index contributed by atoms with van der Waals surface area (Å²) in [5.41, 5.74) is 1.27. The van der Waals surface area contributed by atoms with Crippen LogP contribution >= 0.6 is 24.0 Å². The second kappa shape index (κ2) is 11.4. The van der Waals surface area contributed by atoms with Crippen molar-refractivity contribution in [2.24, 2.45) is 4.99 Å². The van der Waals surface area contributed by atoms with Crippen LogP contribution in [0.15, 0.2) is 35.3 Å². The normalized spacial score (nSPS) is 18.1. The monoisotopic (exact) mass is 485 g/mol. The van der Waals surface area contributed by atoms with Crippen LogP contribution in [0.4, 0.5) is 5.69 Å². The SMILES string of the molecule is CCNC(=NCC(=O)N1CCCCC1)N1CCN(c2ccccc2)CC1.I. The average Bonchev–Trinajstić information content (AvgIpc) is 2.72. The van der Waals surface area contributed by atoms with Crippen molar-refractivity contribution in [1.82, 2.24) is 15.1 Å². The lowest BCUT2D eigenvalue weighted by Crippen LogP contribution is -2.52. The van der Waals surface area contributed by atoms with Crippen molar-refractivity contribution in [3.63, 3.8) is 0 Å². The fourth-order valence-electron chi connectivity index (χ4n) is 3.63. The van der Waals surface area contributed by atoms with Crippen LogP contribution in [0.1, 0.15) is 26.2 Å². The van der Waals surface area contributed by atoms with Crippen LogP contribution in [0.5, 0.6) is 0 Å². The van der Waals surface area contributed by atoms with Gasteiger partial charge >= 0.3 is 0 Å². The van der Waals surface area contributed by atoms with Crippen molar-refractivity contribution in [3.05, 3.63) is 30.3 Å². The first kappa shape index (κ1) is 21.8. The van der Waals surface area contributed by atoms with E-state index in [1.54, 1.807) is 0 Å². The first-order chi connectivity index (χ1) is 12.8. The molecule has 7 heteroatoms. The van der Waals surface area contributed by atoms with Gasteiger partial charge in [0.05, 0.1) is 0 Å². The van der Waals surface area contributed by atoms with Crippen molar-refractivity contribution in [1.29, 1.82) is 0 Å². The van der Waals surface area contributed by atoms with E-state index in [0.717, 1.165) is 64.6 Å². The number of halogens is 1. The topological polar surface area (TPSA) is 51.2 Å². The predicted octanol–water partition coefficient (Wildman–Crippen LogP) is 2.40. The van der Waals surface area contributed by atoms with Crippen LogP contribution in [0.25, 0.3) is 0 Å². The summed E-state index contributed by atoms with van der Waals surface area (Å²) in [6.07, 6.45) is 3.48.